The van der Waals surface area contributed by atoms with Crippen LogP contribution in [0.5, 0.6) is 0 Å². The van der Waals surface area contributed by atoms with E-state index in [0.717, 1.165) is 5.56 Å². The smallest absolute Gasteiger partial charge is 0.407 e. The molecular formula is C21H24N2O5. The second kappa shape index (κ2) is 11.4. The van der Waals surface area contributed by atoms with Crippen molar-refractivity contribution in [2.45, 2.75) is 31.9 Å². The van der Waals surface area contributed by atoms with Crippen LogP contribution in [0.15, 0.2) is 60.7 Å². The van der Waals surface area contributed by atoms with E-state index in [9.17, 15) is 19.5 Å². The lowest BCUT2D eigenvalue weighted by atomic mass is 10.1. The number of carboxylic acid groups (broad SMARTS) is 1. The zero-order valence-electron chi connectivity index (χ0n) is 15.5. The summed E-state index contributed by atoms with van der Waals surface area (Å²) in [7, 11) is 0. The van der Waals surface area contributed by atoms with Gasteiger partial charge in [0.15, 0.2) is 0 Å². The molecule has 1 atom stereocenters. The Morgan fingerprint density at radius 3 is 2.21 bits per heavy atom. The van der Waals surface area contributed by atoms with E-state index < -0.39 is 24.0 Å². The van der Waals surface area contributed by atoms with E-state index in [2.05, 4.69) is 10.6 Å². The Balaban J connectivity index is 1.64. The van der Waals surface area contributed by atoms with Gasteiger partial charge in [0.05, 0.1) is 0 Å². The topological polar surface area (TPSA) is 105 Å². The summed E-state index contributed by atoms with van der Waals surface area (Å²) in [5, 5.41) is 14.4. The van der Waals surface area contributed by atoms with Gasteiger partial charge in [-0.3, -0.25) is 4.79 Å². The maximum Gasteiger partial charge on any atom is 0.407 e. The van der Waals surface area contributed by atoms with E-state index in [4.69, 9.17) is 4.74 Å². The number of rotatable bonds is 10. The minimum atomic E-state index is -1.08. The number of carboxylic acids is 1. The van der Waals surface area contributed by atoms with Crippen molar-refractivity contribution in [2.75, 3.05) is 6.54 Å². The molecule has 0 aliphatic carbocycles. The summed E-state index contributed by atoms with van der Waals surface area (Å²) in [4.78, 5) is 35.1. The number of amides is 2. The fourth-order valence-corrected chi connectivity index (χ4v) is 2.53. The molecule has 0 heterocycles. The van der Waals surface area contributed by atoms with E-state index in [0.29, 0.717) is 24.9 Å². The number of hydrogen-bond donors (Lipinski definition) is 3. The molecule has 2 aromatic carbocycles. The van der Waals surface area contributed by atoms with Gasteiger partial charge in [-0.2, -0.15) is 0 Å². The van der Waals surface area contributed by atoms with Crippen LogP contribution in [-0.4, -0.2) is 35.7 Å². The molecule has 0 aliphatic rings. The molecule has 0 radical (unpaired) electrons. The van der Waals surface area contributed by atoms with Crippen molar-refractivity contribution in [2.24, 2.45) is 0 Å². The molecule has 1 unspecified atom stereocenters. The van der Waals surface area contributed by atoms with Crippen LogP contribution in [-0.2, 0) is 16.1 Å². The first-order valence-corrected chi connectivity index (χ1v) is 9.09. The highest BCUT2D eigenvalue weighted by Crippen LogP contribution is 2.05. The molecule has 0 saturated carbocycles. The third kappa shape index (κ3) is 7.49. The van der Waals surface area contributed by atoms with E-state index in [1.807, 2.05) is 30.3 Å². The van der Waals surface area contributed by atoms with Gasteiger partial charge in [-0.15, -0.1) is 0 Å². The van der Waals surface area contributed by atoms with Gasteiger partial charge in [-0.05, 0) is 37.0 Å². The number of carbonyl (C=O) groups excluding carboxylic acids is 2. The first-order valence-electron chi connectivity index (χ1n) is 9.09. The summed E-state index contributed by atoms with van der Waals surface area (Å²) in [6.07, 6.45) is 0.862. The zero-order chi connectivity index (χ0) is 20.2. The number of aliphatic carboxylic acids is 1. The third-order valence-electron chi connectivity index (χ3n) is 4.04. The van der Waals surface area contributed by atoms with E-state index >= 15 is 0 Å². The number of hydrogen-bond acceptors (Lipinski definition) is 4. The van der Waals surface area contributed by atoms with Gasteiger partial charge in [0.25, 0.3) is 5.91 Å². The second-order valence-electron chi connectivity index (χ2n) is 6.21. The lowest BCUT2D eigenvalue weighted by molar-refractivity contribution is -0.139. The van der Waals surface area contributed by atoms with Crippen LogP contribution >= 0.6 is 0 Å². The van der Waals surface area contributed by atoms with Gasteiger partial charge in [0.2, 0.25) is 0 Å². The van der Waals surface area contributed by atoms with E-state index in [1.54, 1.807) is 30.3 Å². The van der Waals surface area contributed by atoms with Gasteiger partial charge in [0, 0.05) is 12.1 Å². The van der Waals surface area contributed by atoms with Gasteiger partial charge < -0.3 is 20.5 Å². The van der Waals surface area contributed by atoms with Gasteiger partial charge >= 0.3 is 12.1 Å². The molecule has 0 bridgehead atoms. The standard InChI is InChI=1S/C21H24N2O5/c24-19(17-11-5-2-6-12-17)23-18(20(25)26)13-7-8-14-22-21(27)28-15-16-9-3-1-4-10-16/h1-6,9-12,18H,7-8,13-15H2,(H,22,27)(H,23,24)(H,25,26). The summed E-state index contributed by atoms with van der Waals surface area (Å²) in [5.41, 5.74) is 1.31. The highest BCUT2D eigenvalue weighted by Gasteiger charge is 2.20. The fraction of sp³-hybridized carbons (Fsp3) is 0.286. The Morgan fingerprint density at radius 1 is 0.929 bits per heavy atom. The quantitative estimate of drug-likeness (QED) is 0.546. The van der Waals surface area contributed by atoms with Crippen molar-refractivity contribution in [3.63, 3.8) is 0 Å². The predicted octanol–water partition coefficient (Wildman–Crippen LogP) is 2.97. The minimum absolute atomic E-state index is 0.194. The first-order chi connectivity index (χ1) is 13.6. The zero-order valence-corrected chi connectivity index (χ0v) is 15.5. The second-order valence-corrected chi connectivity index (χ2v) is 6.21. The maximum absolute atomic E-state index is 12.1. The average Bonchev–Trinajstić information content (AvgIpc) is 2.72. The molecule has 148 valence electrons. The Bertz CT molecular complexity index is 765. The molecule has 0 aromatic heterocycles. The van der Waals surface area contributed by atoms with Crippen LogP contribution in [0.25, 0.3) is 0 Å². The number of alkyl carbamates (subject to hydrolysis) is 1. The molecule has 7 heteroatoms. The first kappa shape index (κ1) is 21.0. The molecule has 0 saturated heterocycles. The fourth-order valence-electron chi connectivity index (χ4n) is 2.53. The number of ether oxygens (including phenoxy) is 1. The largest absolute Gasteiger partial charge is 0.480 e. The van der Waals surface area contributed by atoms with E-state index in [1.165, 1.54) is 0 Å². The molecule has 0 spiro atoms. The van der Waals surface area contributed by atoms with Crippen LogP contribution in [0.4, 0.5) is 4.79 Å². The van der Waals surface area contributed by atoms with Gasteiger partial charge in [-0.25, -0.2) is 9.59 Å². The molecule has 2 amide bonds. The minimum Gasteiger partial charge on any atom is -0.480 e. The summed E-state index contributed by atoms with van der Waals surface area (Å²) < 4.78 is 5.09. The lowest BCUT2D eigenvalue weighted by Gasteiger charge is -2.14. The Kier molecular flexibility index (Phi) is 8.52. The molecule has 2 aromatic rings. The van der Waals surface area contributed by atoms with Gasteiger partial charge in [0.1, 0.15) is 12.6 Å². The molecule has 3 N–H and O–H groups in total. The molecule has 0 fully saturated rings. The van der Waals surface area contributed by atoms with Crippen molar-refractivity contribution in [3.8, 4) is 0 Å². The highest BCUT2D eigenvalue weighted by atomic mass is 16.5. The molecule has 2 rings (SSSR count). The summed E-state index contributed by atoms with van der Waals surface area (Å²) in [6, 6.07) is 16.8. The molecule has 7 nitrogen and oxygen atoms in total. The highest BCUT2D eigenvalue weighted by molar-refractivity contribution is 5.96. The lowest BCUT2D eigenvalue weighted by Crippen LogP contribution is -2.40. The van der Waals surface area contributed by atoms with Crippen LogP contribution in [0.3, 0.4) is 0 Å². The predicted molar refractivity (Wildman–Crippen MR) is 104 cm³/mol. The van der Waals surface area contributed by atoms with Crippen LogP contribution in [0, 0.1) is 0 Å². The normalized spacial score (nSPS) is 11.3. The monoisotopic (exact) mass is 384 g/mol. The van der Waals surface area contributed by atoms with Crippen molar-refractivity contribution < 1.29 is 24.2 Å². The summed E-state index contributed by atoms with van der Waals surface area (Å²) >= 11 is 0. The third-order valence-corrected chi connectivity index (χ3v) is 4.04. The number of unbranched alkanes of at least 4 members (excludes halogenated alkanes) is 1. The number of nitrogens with one attached hydrogen (secondary N) is 2. The Morgan fingerprint density at radius 2 is 1.57 bits per heavy atom. The average molecular weight is 384 g/mol. The Labute approximate surface area is 163 Å². The van der Waals surface area contributed by atoms with Crippen LogP contribution in [0.2, 0.25) is 0 Å². The maximum atomic E-state index is 12.1. The molecular weight excluding hydrogens is 360 g/mol. The molecule has 28 heavy (non-hydrogen) atoms. The van der Waals surface area contributed by atoms with Crippen molar-refractivity contribution in [1.82, 2.24) is 10.6 Å². The van der Waals surface area contributed by atoms with E-state index in [-0.39, 0.29) is 13.0 Å². The number of carbonyl (C=O) groups is 3. The van der Waals surface area contributed by atoms with Gasteiger partial charge in [-0.1, -0.05) is 48.5 Å². The van der Waals surface area contributed by atoms with Crippen molar-refractivity contribution in [3.05, 3.63) is 71.8 Å². The SMILES string of the molecule is O=C(NCCCCC(NC(=O)c1ccccc1)C(=O)O)OCc1ccccc1. The van der Waals surface area contributed by atoms with Crippen molar-refractivity contribution in [1.29, 1.82) is 0 Å². The summed E-state index contributed by atoms with van der Waals surface area (Å²) in [5.74, 6) is -1.50. The van der Waals surface area contributed by atoms with Crippen LogP contribution in [0.1, 0.15) is 35.2 Å². The van der Waals surface area contributed by atoms with Crippen molar-refractivity contribution >= 4 is 18.0 Å². The summed E-state index contributed by atoms with van der Waals surface area (Å²) in [6.45, 7) is 0.561. The molecule has 0 aliphatic heterocycles. The van der Waals surface area contributed by atoms with Crippen LogP contribution < -0.4 is 10.6 Å². The number of benzene rings is 2. The Hall–Kier alpha value is -3.35.